The van der Waals surface area contributed by atoms with Crippen molar-refractivity contribution in [3.63, 3.8) is 0 Å². The average molecular weight is 289 g/mol. The van der Waals surface area contributed by atoms with Crippen molar-refractivity contribution >= 4 is 21.4 Å². The molecule has 0 aliphatic rings. The lowest BCUT2D eigenvalue weighted by molar-refractivity contribution is 0.419. The molecule has 18 heavy (non-hydrogen) atoms. The summed E-state index contributed by atoms with van der Waals surface area (Å²) in [6.45, 7) is 0. The third-order valence-corrected chi connectivity index (χ3v) is 3.07. The first-order chi connectivity index (χ1) is 8.35. The van der Waals surface area contributed by atoms with Crippen LogP contribution in [0.15, 0.2) is 22.7 Å². The minimum atomic E-state index is -3.24. The van der Waals surface area contributed by atoms with Crippen LogP contribution in [0.4, 0.5) is 0 Å². The number of nitrogens with zero attached hydrogens (tertiary/aromatic N) is 2. The molecule has 96 valence electrons. The van der Waals surface area contributed by atoms with Crippen molar-refractivity contribution < 1.29 is 18.0 Å². The van der Waals surface area contributed by atoms with E-state index in [4.69, 9.17) is 16.1 Å². The fraction of sp³-hybridized carbons (Fsp3) is 0.200. The highest BCUT2D eigenvalue weighted by Crippen LogP contribution is 2.30. The Kier molecular flexibility index (Phi) is 3.27. The summed E-state index contributed by atoms with van der Waals surface area (Å²) in [5.74, 6) is -0.341. The van der Waals surface area contributed by atoms with E-state index in [-0.39, 0.29) is 28.8 Å². The van der Waals surface area contributed by atoms with E-state index in [0.29, 0.717) is 5.02 Å². The van der Waals surface area contributed by atoms with Gasteiger partial charge in [-0.15, -0.1) is 0 Å². The van der Waals surface area contributed by atoms with Crippen molar-refractivity contribution in [3.05, 3.63) is 29.0 Å². The molecule has 0 fully saturated rings. The zero-order valence-electron chi connectivity index (χ0n) is 9.29. The van der Waals surface area contributed by atoms with Gasteiger partial charge in [-0.2, -0.15) is 4.98 Å². The molecule has 1 N–H and O–H groups in total. The molecule has 0 bridgehead atoms. The van der Waals surface area contributed by atoms with Gasteiger partial charge in [0.05, 0.1) is 5.56 Å². The molecule has 1 heterocycles. The zero-order chi connectivity index (χ0) is 13.3. The van der Waals surface area contributed by atoms with E-state index in [0.717, 1.165) is 6.26 Å². The minimum absolute atomic E-state index is 0.0219. The van der Waals surface area contributed by atoms with E-state index in [9.17, 15) is 13.5 Å². The van der Waals surface area contributed by atoms with Crippen LogP contribution in [0.25, 0.3) is 11.5 Å². The Hall–Kier alpha value is -1.60. The quantitative estimate of drug-likeness (QED) is 0.923. The lowest BCUT2D eigenvalue weighted by Crippen LogP contribution is -2.02. The van der Waals surface area contributed by atoms with Crippen LogP contribution in [0.1, 0.15) is 5.82 Å². The van der Waals surface area contributed by atoms with Gasteiger partial charge in [0.25, 0.3) is 5.89 Å². The van der Waals surface area contributed by atoms with Crippen LogP contribution in [0, 0.1) is 0 Å². The maximum absolute atomic E-state index is 11.1. The highest BCUT2D eigenvalue weighted by atomic mass is 35.5. The summed E-state index contributed by atoms with van der Waals surface area (Å²) in [6.07, 6.45) is 1.07. The number of benzene rings is 1. The summed E-state index contributed by atoms with van der Waals surface area (Å²) < 4.78 is 27.0. The Morgan fingerprint density at radius 3 is 2.83 bits per heavy atom. The summed E-state index contributed by atoms with van der Waals surface area (Å²) in [4.78, 5) is 3.89. The third-order valence-electron chi connectivity index (χ3n) is 2.05. The zero-order valence-corrected chi connectivity index (χ0v) is 10.9. The second kappa shape index (κ2) is 4.58. The summed E-state index contributed by atoms with van der Waals surface area (Å²) >= 11 is 5.78. The third kappa shape index (κ3) is 2.99. The summed E-state index contributed by atoms with van der Waals surface area (Å²) in [6, 6.07) is 4.35. The fourth-order valence-electron chi connectivity index (χ4n) is 1.34. The summed E-state index contributed by atoms with van der Waals surface area (Å²) in [5, 5.41) is 13.5. The maximum atomic E-state index is 11.1. The lowest BCUT2D eigenvalue weighted by atomic mass is 10.2. The molecule has 0 spiro atoms. The van der Waals surface area contributed by atoms with E-state index in [1.807, 2.05) is 0 Å². The molecule has 0 unspecified atom stereocenters. The van der Waals surface area contributed by atoms with E-state index in [1.54, 1.807) is 0 Å². The Bertz CT molecular complexity index is 681. The van der Waals surface area contributed by atoms with Crippen LogP contribution in [-0.4, -0.2) is 29.9 Å². The van der Waals surface area contributed by atoms with Crippen molar-refractivity contribution in [3.8, 4) is 17.2 Å². The lowest BCUT2D eigenvalue weighted by Gasteiger charge is -1.98. The molecule has 1 aromatic heterocycles. The molecule has 0 saturated carbocycles. The Morgan fingerprint density at radius 2 is 2.17 bits per heavy atom. The molecule has 6 nitrogen and oxygen atoms in total. The second-order valence-electron chi connectivity index (χ2n) is 3.75. The van der Waals surface area contributed by atoms with Crippen LogP contribution in [-0.2, 0) is 15.6 Å². The first kappa shape index (κ1) is 12.8. The summed E-state index contributed by atoms with van der Waals surface area (Å²) in [7, 11) is -3.24. The number of halogens is 1. The number of phenolic OH excluding ortho intramolecular Hbond substituents is 1. The largest absolute Gasteiger partial charge is 0.507 e. The number of aromatic nitrogens is 2. The molecule has 2 rings (SSSR count). The number of hydrogen-bond acceptors (Lipinski definition) is 6. The predicted octanol–water partition coefficient (Wildman–Crippen LogP) is 1.64. The van der Waals surface area contributed by atoms with Gasteiger partial charge in [-0.3, -0.25) is 0 Å². The molecule has 8 heteroatoms. The number of sulfone groups is 1. The van der Waals surface area contributed by atoms with Crippen molar-refractivity contribution in [1.82, 2.24) is 10.1 Å². The molecule has 0 aliphatic heterocycles. The van der Waals surface area contributed by atoms with Gasteiger partial charge in [-0.05, 0) is 18.2 Å². The van der Waals surface area contributed by atoms with Gasteiger partial charge >= 0.3 is 0 Å². The molecular weight excluding hydrogens is 280 g/mol. The van der Waals surface area contributed by atoms with E-state index in [1.165, 1.54) is 18.2 Å². The Morgan fingerprint density at radius 1 is 1.44 bits per heavy atom. The number of hydrogen-bond donors (Lipinski definition) is 1. The van der Waals surface area contributed by atoms with Crippen molar-refractivity contribution in [1.29, 1.82) is 0 Å². The van der Waals surface area contributed by atoms with Crippen molar-refractivity contribution in [2.45, 2.75) is 5.75 Å². The Labute approximate surface area is 108 Å². The number of phenols is 1. The molecule has 0 amide bonds. The normalized spacial score (nSPS) is 11.7. The van der Waals surface area contributed by atoms with Crippen LogP contribution >= 0.6 is 11.6 Å². The molecule has 0 saturated heterocycles. The molecular formula is C10H9ClN2O4S. The first-order valence-electron chi connectivity index (χ1n) is 4.84. The van der Waals surface area contributed by atoms with E-state index in [2.05, 4.69) is 10.1 Å². The topological polar surface area (TPSA) is 93.3 Å². The molecule has 0 atom stereocenters. The molecule has 1 aromatic carbocycles. The first-order valence-corrected chi connectivity index (χ1v) is 7.28. The van der Waals surface area contributed by atoms with Gasteiger partial charge in [-0.1, -0.05) is 16.8 Å². The van der Waals surface area contributed by atoms with Crippen LogP contribution in [0.3, 0.4) is 0 Å². The van der Waals surface area contributed by atoms with Crippen LogP contribution < -0.4 is 0 Å². The van der Waals surface area contributed by atoms with Gasteiger partial charge in [0.2, 0.25) is 0 Å². The highest BCUT2D eigenvalue weighted by molar-refractivity contribution is 7.89. The second-order valence-corrected chi connectivity index (χ2v) is 6.32. The SMILES string of the molecule is CS(=O)(=O)Cc1noc(-c2cc(Cl)ccc2O)n1. The van der Waals surface area contributed by atoms with Gasteiger partial charge in [-0.25, -0.2) is 8.42 Å². The molecule has 0 radical (unpaired) electrons. The predicted molar refractivity (Wildman–Crippen MR) is 65.0 cm³/mol. The van der Waals surface area contributed by atoms with E-state index < -0.39 is 9.84 Å². The Balaban J connectivity index is 2.38. The van der Waals surface area contributed by atoms with Crippen molar-refractivity contribution in [2.75, 3.05) is 6.26 Å². The standard InChI is InChI=1S/C10H9ClN2O4S/c1-18(15,16)5-9-12-10(17-13-9)7-4-6(11)2-3-8(7)14/h2-4,14H,5H2,1H3. The molecule has 2 aromatic rings. The number of aromatic hydroxyl groups is 1. The van der Waals surface area contributed by atoms with Gasteiger partial charge in [0, 0.05) is 11.3 Å². The van der Waals surface area contributed by atoms with Crippen LogP contribution in [0.2, 0.25) is 5.02 Å². The minimum Gasteiger partial charge on any atom is -0.507 e. The monoisotopic (exact) mass is 288 g/mol. The number of rotatable bonds is 3. The fourth-order valence-corrected chi connectivity index (χ4v) is 2.09. The van der Waals surface area contributed by atoms with E-state index >= 15 is 0 Å². The molecule has 0 aliphatic carbocycles. The summed E-state index contributed by atoms with van der Waals surface area (Å²) in [5.41, 5.74) is 0.259. The van der Waals surface area contributed by atoms with Crippen molar-refractivity contribution in [2.24, 2.45) is 0 Å². The average Bonchev–Trinajstić information content (AvgIpc) is 2.67. The smallest absolute Gasteiger partial charge is 0.261 e. The van der Waals surface area contributed by atoms with Gasteiger partial charge in [0.15, 0.2) is 15.7 Å². The highest BCUT2D eigenvalue weighted by Gasteiger charge is 2.16. The van der Waals surface area contributed by atoms with Gasteiger partial charge < -0.3 is 9.63 Å². The maximum Gasteiger partial charge on any atom is 0.261 e. The van der Waals surface area contributed by atoms with Gasteiger partial charge in [0.1, 0.15) is 11.5 Å². The van der Waals surface area contributed by atoms with Crippen LogP contribution in [0.5, 0.6) is 5.75 Å².